The van der Waals surface area contributed by atoms with Gasteiger partial charge in [0.05, 0.1) is 12.4 Å². The van der Waals surface area contributed by atoms with Crippen LogP contribution in [0.2, 0.25) is 0 Å². The Bertz CT molecular complexity index is 831. The molecule has 2 nitrogen and oxygen atoms in total. The molecule has 0 aliphatic heterocycles. The molecule has 0 spiro atoms. The molecule has 2 rings (SSSR count). The molecule has 0 unspecified atom stereocenters. The highest BCUT2D eigenvalue weighted by atomic mass is 35.5. The maximum atomic E-state index is 6.29. The quantitative estimate of drug-likeness (QED) is 0.398. The summed E-state index contributed by atoms with van der Waals surface area (Å²) in [7, 11) is 0. The van der Waals surface area contributed by atoms with Crippen LogP contribution in [0, 0.1) is 27.7 Å². The third-order valence-electron chi connectivity index (χ3n) is 4.21. The fraction of sp³-hybridized carbons (Fsp3) is 0.182. The number of hydrogen-bond donors (Lipinski definition) is 0. The van der Waals surface area contributed by atoms with Crippen molar-refractivity contribution in [3.8, 4) is 0 Å². The Labute approximate surface area is 165 Å². The van der Waals surface area contributed by atoms with Crippen molar-refractivity contribution in [3.63, 3.8) is 0 Å². The molecule has 0 atom stereocenters. The highest BCUT2D eigenvalue weighted by Crippen LogP contribution is 2.22. The molecule has 0 fully saturated rings. The third-order valence-corrected chi connectivity index (χ3v) is 4.90. The summed E-state index contributed by atoms with van der Waals surface area (Å²) in [5.74, 6) is 0. The van der Waals surface area contributed by atoms with Gasteiger partial charge in [-0.1, -0.05) is 59.6 Å². The molecule has 0 aliphatic carbocycles. The summed E-state index contributed by atoms with van der Waals surface area (Å²) in [4.78, 5) is 0. The number of allylic oxidation sites excluding steroid dienone is 2. The molecule has 0 amide bonds. The minimum absolute atomic E-state index is 0.621. The maximum Gasteiger partial charge on any atom is 0.0510 e. The predicted molar refractivity (Wildman–Crippen MR) is 116 cm³/mol. The SMILES string of the molecule is Cc1ccc(/C(Cl)=C/C=N\N=C/C=C(\Cl)c2ccc(C)c(C)c2)cc1C. The number of benzene rings is 2. The Balaban J connectivity index is 2.00. The predicted octanol–water partition coefficient (Wildman–Crippen LogP) is 6.84. The van der Waals surface area contributed by atoms with Crippen molar-refractivity contribution in [2.45, 2.75) is 27.7 Å². The Morgan fingerprint density at radius 1 is 0.654 bits per heavy atom. The molecule has 134 valence electrons. The molecule has 2 aromatic carbocycles. The second-order valence-electron chi connectivity index (χ2n) is 6.16. The van der Waals surface area contributed by atoms with Crippen molar-refractivity contribution in [1.82, 2.24) is 0 Å². The normalized spacial score (nSPS) is 13.2. The van der Waals surface area contributed by atoms with Crippen LogP contribution in [0.4, 0.5) is 0 Å². The first-order chi connectivity index (χ1) is 12.4. The lowest BCUT2D eigenvalue weighted by Crippen LogP contribution is -1.84. The highest BCUT2D eigenvalue weighted by molar-refractivity contribution is 6.50. The van der Waals surface area contributed by atoms with Gasteiger partial charge in [0.2, 0.25) is 0 Å². The van der Waals surface area contributed by atoms with Crippen LogP contribution in [0.5, 0.6) is 0 Å². The zero-order valence-electron chi connectivity index (χ0n) is 15.4. The summed E-state index contributed by atoms with van der Waals surface area (Å²) in [6.07, 6.45) is 6.56. The van der Waals surface area contributed by atoms with E-state index in [1.54, 1.807) is 24.6 Å². The zero-order valence-corrected chi connectivity index (χ0v) is 16.9. The van der Waals surface area contributed by atoms with Crippen LogP contribution >= 0.6 is 23.2 Å². The van der Waals surface area contributed by atoms with Gasteiger partial charge >= 0.3 is 0 Å². The molecule has 0 heterocycles. The lowest BCUT2D eigenvalue weighted by Gasteiger charge is -2.03. The van der Waals surface area contributed by atoms with E-state index >= 15 is 0 Å². The van der Waals surface area contributed by atoms with Gasteiger partial charge in [0.25, 0.3) is 0 Å². The molecule has 0 saturated carbocycles. The Morgan fingerprint density at radius 2 is 1.04 bits per heavy atom. The first-order valence-electron chi connectivity index (χ1n) is 8.31. The van der Waals surface area contributed by atoms with Crippen molar-refractivity contribution in [2.75, 3.05) is 0 Å². The second kappa shape index (κ2) is 9.51. The van der Waals surface area contributed by atoms with Crippen molar-refractivity contribution in [1.29, 1.82) is 0 Å². The van der Waals surface area contributed by atoms with Gasteiger partial charge in [-0.2, -0.15) is 10.2 Å². The monoisotopic (exact) mass is 384 g/mol. The van der Waals surface area contributed by atoms with E-state index < -0.39 is 0 Å². The van der Waals surface area contributed by atoms with E-state index in [9.17, 15) is 0 Å². The van der Waals surface area contributed by atoms with Crippen LogP contribution < -0.4 is 0 Å². The van der Waals surface area contributed by atoms with Gasteiger partial charge in [-0.25, -0.2) is 0 Å². The fourth-order valence-corrected chi connectivity index (χ4v) is 2.59. The summed E-state index contributed by atoms with van der Waals surface area (Å²) in [5, 5.41) is 9.15. The van der Waals surface area contributed by atoms with Gasteiger partial charge in [-0.05, 0) is 73.2 Å². The lowest BCUT2D eigenvalue weighted by atomic mass is 10.1. The topological polar surface area (TPSA) is 24.7 Å². The van der Waals surface area contributed by atoms with Crippen molar-refractivity contribution in [2.24, 2.45) is 10.2 Å². The fourth-order valence-electron chi connectivity index (χ4n) is 2.25. The third kappa shape index (κ3) is 5.69. The van der Waals surface area contributed by atoms with E-state index in [1.807, 2.05) is 12.1 Å². The zero-order chi connectivity index (χ0) is 19.1. The molecule has 0 aliphatic rings. The molecule has 26 heavy (non-hydrogen) atoms. The summed E-state index contributed by atoms with van der Waals surface area (Å²) in [5.41, 5.74) is 6.81. The van der Waals surface area contributed by atoms with Gasteiger partial charge < -0.3 is 0 Å². The summed E-state index contributed by atoms with van der Waals surface area (Å²) in [6, 6.07) is 12.2. The van der Waals surface area contributed by atoms with E-state index in [-0.39, 0.29) is 0 Å². The van der Waals surface area contributed by atoms with Gasteiger partial charge in [0, 0.05) is 10.1 Å². The minimum atomic E-state index is 0.621. The van der Waals surface area contributed by atoms with Crippen LogP contribution in [-0.4, -0.2) is 12.4 Å². The lowest BCUT2D eigenvalue weighted by molar-refractivity contribution is 1.27. The van der Waals surface area contributed by atoms with E-state index in [0.717, 1.165) is 11.1 Å². The van der Waals surface area contributed by atoms with E-state index in [4.69, 9.17) is 23.2 Å². The van der Waals surface area contributed by atoms with Crippen molar-refractivity contribution < 1.29 is 0 Å². The average molecular weight is 385 g/mol. The number of hydrogen-bond acceptors (Lipinski definition) is 2. The molecular formula is C22H22Cl2N2. The molecule has 0 bridgehead atoms. The average Bonchev–Trinajstić information content (AvgIpc) is 2.62. The van der Waals surface area contributed by atoms with E-state index in [0.29, 0.717) is 10.1 Å². The maximum absolute atomic E-state index is 6.29. The van der Waals surface area contributed by atoms with Crippen LogP contribution in [0.3, 0.4) is 0 Å². The van der Waals surface area contributed by atoms with Crippen LogP contribution in [0.1, 0.15) is 33.4 Å². The van der Waals surface area contributed by atoms with Gasteiger partial charge in [0.1, 0.15) is 0 Å². The molecule has 2 aromatic rings. The largest absolute Gasteiger partial charge is 0.159 e. The van der Waals surface area contributed by atoms with Crippen LogP contribution in [0.15, 0.2) is 58.8 Å². The number of aryl methyl sites for hydroxylation is 4. The Kier molecular flexibility index (Phi) is 7.38. The standard InChI is InChI=1S/C22H22Cl2N2/c1-15-5-7-19(13-17(15)3)21(23)9-11-25-26-12-10-22(24)20-8-6-16(2)18(4)14-20/h5-14H,1-4H3/b21-9-,22-10-,25-11-,26-12-. The smallest absolute Gasteiger partial charge is 0.0510 e. The molecule has 0 N–H and O–H groups in total. The Morgan fingerprint density at radius 3 is 1.38 bits per heavy atom. The van der Waals surface area contributed by atoms with E-state index in [2.05, 4.69) is 62.2 Å². The number of nitrogens with zero attached hydrogens (tertiary/aromatic N) is 2. The van der Waals surface area contributed by atoms with E-state index in [1.165, 1.54) is 22.3 Å². The first-order valence-corrected chi connectivity index (χ1v) is 9.07. The second-order valence-corrected chi connectivity index (χ2v) is 6.97. The summed E-state index contributed by atoms with van der Waals surface area (Å²) >= 11 is 12.6. The number of halogens is 2. The molecule has 0 aromatic heterocycles. The summed E-state index contributed by atoms with van der Waals surface area (Å²) in [6.45, 7) is 8.27. The Hall–Kier alpha value is -2.16. The molecular weight excluding hydrogens is 363 g/mol. The van der Waals surface area contributed by atoms with Crippen molar-refractivity contribution in [3.05, 3.63) is 81.9 Å². The van der Waals surface area contributed by atoms with Gasteiger partial charge in [0.15, 0.2) is 0 Å². The first kappa shape index (κ1) is 20.2. The molecule has 0 saturated heterocycles. The molecule has 4 heteroatoms. The number of rotatable bonds is 5. The van der Waals surface area contributed by atoms with Crippen molar-refractivity contribution >= 4 is 45.7 Å². The summed E-state index contributed by atoms with van der Waals surface area (Å²) < 4.78 is 0. The van der Waals surface area contributed by atoms with Crippen LogP contribution in [-0.2, 0) is 0 Å². The van der Waals surface area contributed by atoms with Gasteiger partial charge in [-0.3, -0.25) is 0 Å². The van der Waals surface area contributed by atoms with Gasteiger partial charge in [-0.15, -0.1) is 0 Å². The molecule has 0 radical (unpaired) electrons. The van der Waals surface area contributed by atoms with Crippen LogP contribution in [0.25, 0.3) is 10.1 Å². The highest BCUT2D eigenvalue weighted by Gasteiger charge is 2.00. The minimum Gasteiger partial charge on any atom is -0.159 e.